The summed E-state index contributed by atoms with van der Waals surface area (Å²) in [6, 6.07) is 21.8. The lowest BCUT2D eigenvalue weighted by Crippen LogP contribution is -2.28. The lowest BCUT2D eigenvalue weighted by atomic mass is 10.0. The molecule has 1 saturated heterocycles. The zero-order chi connectivity index (χ0) is 38.3. The van der Waals surface area contributed by atoms with Gasteiger partial charge >= 0.3 is 0 Å². The maximum absolute atomic E-state index is 14.1. The average molecular weight is 741 g/mol. The Morgan fingerprint density at radius 1 is 1.11 bits per heavy atom. The molecule has 2 aliphatic heterocycles. The molecular formula is C43H45FN8O3. The highest BCUT2D eigenvalue weighted by molar-refractivity contribution is 5.91. The fourth-order valence-corrected chi connectivity index (χ4v) is 6.59. The van der Waals surface area contributed by atoms with Crippen LogP contribution in [0.1, 0.15) is 82.8 Å². The lowest BCUT2D eigenvalue weighted by molar-refractivity contribution is -0.0375. The number of nitrogens with zero attached hydrogens (tertiary/aromatic N) is 5. The van der Waals surface area contributed by atoms with Crippen LogP contribution in [0.5, 0.6) is 5.88 Å². The van der Waals surface area contributed by atoms with Gasteiger partial charge in [-0.1, -0.05) is 18.2 Å². The number of carbonyl (C=O) groups excluding carboxylic acids is 1. The number of aldehydes is 1. The van der Waals surface area contributed by atoms with Crippen LogP contribution in [-0.2, 0) is 17.9 Å². The van der Waals surface area contributed by atoms with Gasteiger partial charge in [0.05, 0.1) is 46.5 Å². The van der Waals surface area contributed by atoms with E-state index in [4.69, 9.17) is 19.7 Å². The van der Waals surface area contributed by atoms with Gasteiger partial charge in [-0.05, 0) is 99.2 Å². The van der Waals surface area contributed by atoms with Crippen molar-refractivity contribution < 1.29 is 18.7 Å². The first-order chi connectivity index (χ1) is 26.8. The molecule has 3 aromatic heterocycles. The first kappa shape index (κ1) is 37.4. The minimum Gasteiger partial charge on any atom is -0.473 e. The minimum absolute atomic E-state index is 0.0497. The Kier molecular flexibility index (Phi) is 11.6. The molecule has 5 heterocycles. The normalized spacial score (nSPS) is 16.5. The van der Waals surface area contributed by atoms with Gasteiger partial charge in [-0.25, -0.2) is 14.4 Å². The van der Waals surface area contributed by atoms with Gasteiger partial charge in [0.15, 0.2) is 0 Å². The third kappa shape index (κ3) is 9.25. The molecule has 2 fully saturated rings. The second-order valence-electron chi connectivity index (χ2n) is 14.2. The standard InChI is InChI=1S/C27H25FN6O.C12H12N2O.C4H8O/c1-30-21-7-8-24-25(14-21)32-26(31-24)16-34-11-9-19(10-12-34)23-3-2-4-27(33-23)35-17-20-6-5-18(15-29)13-22(20)28;1-7-4-8(6-15)5-10-11(7)13-14-12(10)9-2-3-9;1-4-2-3-5-4/h2-9,13-14,30H,10-12,16-17H2,1H3,(H,31,32);4-6,9H,2-3H2,1H3,(H,13,14);4H,2-3H2,1H3/t;;4-/m..1/s1. The third-order valence-electron chi connectivity index (χ3n) is 10.0. The number of nitriles is 1. The lowest BCUT2D eigenvalue weighted by Gasteiger charge is -2.25. The van der Waals surface area contributed by atoms with Crippen molar-refractivity contribution in [2.24, 2.45) is 0 Å². The highest BCUT2D eigenvalue weighted by Gasteiger charge is 2.27. The first-order valence-corrected chi connectivity index (χ1v) is 18.7. The van der Waals surface area contributed by atoms with Gasteiger partial charge in [0.2, 0.25) is 5.88 Å². The van der Waals surface area contributed by atoms with Crippen molar-refractivity contribution in [1.29, 1.82) is 5.26 Å². The molecule has 0 unspecified atom stereocenters. The van der Waals surface area contributed by atoms with Gasteiger partial charge in [-0.2, -0.15) is 10.4 Å². The highest BCUT2D eigenvalue weighted by atomic mass is 19.1. The summed E-state index contributed by atoms with van der Waals surface area (Å²) in [5, 5.41) is 20.6. The summed E-state index contributed by atoms with van der Waals surface area (Å²) in [6.07, 6.45) is 8.26. The smallest absolute Gasteiger partial charge is 0.214 e. The molecule has 3 aromatic carbocycles. The molecule has 55 heavy (non-hydrogen) atoms. The molecule has 0 radical (unpaired) electrons. The van der Waals surface area contributed by atoms with E-state index >= 15 is 0 Å². The molecule has 1 atom stereocenters. The van der Waals surface area contributed by atoms with Crippen LogP contribution < -0.4 is 10.1 Å². The molecule has 11 nitrogen and oxygen atoms in total. The summed E-state index contributed by atoms with van der Waals surface area (Å²) < 4.78 is 24.8. The fraction of sp³-hybridized carbons (Fsp3) is 0.326. The van der Waals surface area contributed by atoms with E-state index in [1.54, 1.807) is 18.2 Å². The maximum Gasteiger partial charge on any atom is 0.214 e. The van der Waals surface area contributed by atoms with E-state index in [-0.39, 0.29) is 12.2 Å². The van der Waals surface area contributed by atoms with E-state index < -0.39 is 5.82 Å². The number of carbonyl (C=O) groups is 1. The molecule has 6 aromatic rings. The van der Waals surface area contributed by atoms with Crippen molar-refractivity contribution in [1.82, 2.24) is 30.0 Å². The number of halogens is 1. The van der Waals surface area contributed by atoms with Gasteiger partial charge in [0.1, 0.15) is 24.5 Å². The predicted molar refractivity (Wildman–Crippen MR) is 211 cm³/mol. The minimum atomic E-state index is -0.456. The van der Waals surface area contributed by atoms with E-state index in [1.807, 2.05) is 56.4 Å². The van der Waals surface area contributed by atoms with Gasteiger partial charge in [-0.3, -0.25) is 14.8 Å². The van der Waals surface area contributed by atoms with Crippen LogP contribution in [0.4, 0.5) is 10.1 Å². The predicted octanol–water partition coefficient (Wildman–Crippen LogP) is 8.24. The zero-order valence-electron chi connectivity index (χ0n) is 31.4. The second kappa shape index (κ2) is 17.1. The van der Waals surface area contributed by atoms with Gasteiger partial charge in [-0.15, -0.1) is 0 Å². The van der Waals surface area contributed by atoms with Gasteiger partial charge < -0.3 is 19.8 Å². The highest BCUT2D eigenvalue weighted by Crippen LogP contribution is 2.42. The number of hydrogen-bond acceptors (Lipinski definition) is 9. The SMILES string of the molecule is CNc1ccc2nc(CN3CC=C(c4cccc(OCc5ccc(C#N)cc5F)n4)CC3)[nH]c2c1.C[C@@H]1CCO1.Cc1cc(C=O)cc2c(C3CC3)[nH]nc12. The number of pyridine rings is 1. The molecule has 12 heteroatoms. The van der Waals surface area contributed by atoms with Crippen LogP contribution in [0.25, 0.3) is 27.5 Å². The Labute approximate surface area is 319 Å². The van der Waals surface area contributed by atoms with Crippen LogP contribution >= 0.6 is 0 Å². The van der Waals surface area contributed by atoms with E-state index in [0.29, 0.717) is 23.5 Å². The number of rotatable bonds is 9. The van der Waals surface area contributed by atoms with Crippen molar-refractivity contribution in [3.05, 3.63) is 118 Å². The first-order valence-electron chi connectivity index (χ1n) is 18.7. The summed E-state index contributed by atoms with van der Waals surface area (Å²) in [5.41, 5.74) is 9.77. The van der Waals surface area contributed by atoms with Crippen molar-refractivity contribution in [3.8, 4) is 11.9 Å². The van der Waals surface area contributed by atoms with E-state index in [9.17, 15) is 9.18 Å². The summed E-state index contributed by atoms with van der Waals surface area (Å²) in [7, 11) is 1.90. The van der Waals surface area contributed by atoms with E-state index in [0.717, 1.165) is 89.2 Å². The summed E-state index contributed by atoms with van der Waals surface area (Å²) in [5.74, 6) is 1.57. The number of aryl methyl sites for hydroxylation is 1. The van der Waals surface area contributed by atoms with Crippen LogP contribution in [0.3, 0.4) is 0 Å². The summed E-state index contributed by atoms with van der Waals surface area (Å²) in [6.45, 7) is 7.57. The number of anilines is 1. The van der Waals surface area contributed by atoms with Crippen LogP contribution in [0.2, 0.25) is 0 Å². The number of aromatic amines is 2. The summed E-state index contributed by atoms with van der Waals surface area (Å²) >= 11 is 0. The maximum atomic E-state index is 14.1. The average Bonchev–Trinajstić information content (AvgIpc) is 3.82. The van der Waals surface area contributed by atoms with Crippen molar-refractivity contribution in [2.75, 3.05) is 32.1 Å². The number of H-pyrrole nitrogens is 2. The van der Waals surface area contributed by atoms with Crippen molar-refractivity contribution in [3.63, 3.8) is 0 Å². The Balaban J connectivity index is 0.000000189. The second-order valence-corrected chi connectivity index (χ2v) is 14.2. The van der Waals surface area contributed by atoms with Crippen LogP contribution in [-0.4, -0.2) is 69.2 Å². The Hall–Kier alpha value is -5.90. The molecule has 0 spiro atoms. The molecule has 9 rings (SSSR count). The fourth-order valence-electron chi connectivity index (χ4n) is 6.59. The quantitative estimate of drug-likeness (QED) is 0.125. The van der Waals surface area contributed by atoms with Crippen LogP contribution in [0.15, 0.2) is 72.8 Å². The number of nitrogens with one attached hydrogen (secondary N) is 3. The molecule has 0 amide bonds. The molecule has 1 aliphatic carbocycles. The molecule has 1 saturated carbocycles. The van der Waals surface area contributed by atoms with Gasteiger partial charge in [0.25, 0.3) is 0 Å². The third-order valence-corrected chi connectivity index (χ3v) is 10.0. The number of imidazole rings is 1. The monoisotopic (exact) mass is 740 g/mol. The number of fused-ring (bicyclic) bond motifs is 2. The Bertz CT molecular complexity index is 2370. The van der Waals surface area contributed by atoms with Crippen molar-refractivity contribution >= 4 is 39.5 Å². The molecule has 0 bridgehead atoms. The van der Waals surface area contributed by atoms with Crippen LogP contribution in [0, 0.1) is 24.1 Å². The Morgan fingerprint density at radius 3 is 2.62 bits per heavy atom. The zero-order valence-corrected chi connectivity index (χ0v) is 31.4. The molecule has 3 aliphatic rings. The van der Waals surface area contributed by atoms with E-state index in [1.165, 1.54) is 36.6 Å². The molecular weight excluding hydrogens is 696 g/mol. The number of ether oxygens (including phenoxy) is 2. The molecule has 282 valence electrons. The van der Waals surface area contributed by atoms with Gasteiger partial charge in [0, 0.05) is 66.6 Å². The summed E-state index contributed by atoms with van der Waals surface area (Å²) in [4.78, 5) is 25.9. The number of benzene rings is 3. The number of aromatic nitrogens is 5. The largest absolute Gasteiger partial charge is 0.473 e. The topological polar surface area (TPSA) is 145 Å². The Morgan fingerprint density at radius 2 is 1.95 bits per heavy atom. The molecule has 3 N–H and O–H groups in total. The number of hydrogen-bond donors (Lipinski definition) is 3. The van der Waals surface area contributed by atoms with E-state index in [2.05, 4.69) is 49.4 Å². The van der Waals surface area contributed by atoms with Crippen molar-refractivity contribution in [2.45, 2.75) is 64.7 Å².